The first-order valence-corrected chi connectivity index (χ1v) is 7.71. The first-order valence-electron chi connectivity index (χ1n) is 6.89. The summed E-state index contributed by atoms with van der Waals surface area (Å²) in [5.41, 5.74) is 8.61. The third-order valence-electron chi connectivity index (χ3n) is 3.39. The van der Waals surface area contributed by atoms with Gasteiger partial charge in [-0.15, -0.1) is 16.4 Å². The molecule has 2 rings (SSSR count). The summed E-state index contributed by atoms with van der Waals surface area (Å²) >= 11 is 1.32. The zero-order chi connectivity index (χ0) is 15.9. The Labute approximate surface area is 129 Å². The van der Waals surface area contributed by atoms with Crippen LogP contribution in [0.2, 0.25) is 0 Å². The zero-order valence-corrected chi connectivity index (χ0v) is 14.3. The lowest BCUT2D eigenvalue weighted by Gasteiger charge is -2.26. The number of hydrogen-bond donors (Lipinski definition) is 1. The molecule has 0 fully saturated rings. The first kappa shape index (κ1) is 15.7. The normalized spacial score (nSPS) is 11.9. The molecular formula is C15H22N4OS. The molecule has 0 aliphatic carbocycles. The Bertz CT molecular complexity index is 700. The molecule has 1 amide bonds. The molecule has 0 atom stereocenters. The molecule has 0 spiro atoms. The van der Waals surface area contributed by atoms with Crippen LogP contribution in [0.3, 0.4) is 0 Å². The maximum absolute atomic E-state index is 12.6. The lowest BCUT2D eigenvalue weighted by atomic mass is 9.96. The maximum atomic E-state index is 12.6. The number of nitrogens with zero attached hydrogens (tertiary/aromatic N) is 3. The van der Waals surface area contributed by atoms with E-state index in [1.165, 1.54) is 11.3 Å². The molecule has 0 saturated carbocycles. The van der Waals surface area contributed by atoms with Gasteiger partial charge in [0.15, 0.2) is 0 Å². The molecule has 0 unspecified atom stereocenters. The Morgan fingerprint density at radius 2 is 1.90 bits per heavy atom. The second-order valence-corrected chi connectivity index (χ2v) is 7.66. The average molecular weight is 306 g/mol. The fourth-order valence-electron chi connectivity index (χ4n) is 2.36. The minimum Gasteiger partial charge on any atom is -0.397 e. The van der Waals surface area contributed by atoms with Crippen LogP contribution in [0.5, 0.6) is 0 Å². The van der Waals surface area contributed by atoms with Crippen molar-refractivity contribution in [2.24, 2.45) is 5.41 Å². The summed E-state index contributed by atoms with van der Waals surface area (Å²) < 4.78 is 0. The number of aryl methyl sites for hydroxylation is 2. The third kappa shape index (κ3) is 3.00. The van der Waals surface area contributed by atoms with Crippen LogP contribution in [0.15, 0.2) is 0 Å². The molecule has 0 radical (unpaired) electrons. The molecule has 0 aliphatic heterocycles. The molecule has 5 nitrogen and oxygen atoms in total. The van der Waals surface area contributed by atoms with Gasteiger partial charge in [0, 0.05) is 19.0 Å². The second-order valence-electron chi connectivity index (χ2n) is 6.66. The minimum absolute atomic E-state index is 0.0438. The van der Waals surface area contributed by atoms with Crippen molar-refractivity contribution in [1.29, 1.82) is 0 Å². The van der Waals surface area contributed by atoms with Gasteiger partial charge in [0.25, 0.3) is 5.91 Å². The van der Waals surface area contributed by atoms with E-state index in [9.17, 15) is 4.79 Å². The highest BCUT2D eigenvalue weighted by Gasteiger charge is 2.24. The summed E-state index contributed by atoms with van der Waals surface area (Å²) in [7, 11) is 1.81. The number of carbonyl (C=O) groups is 1. The number of anilines is 1. The Morgan fingerprint density at radius 3 is 2.48 bits per heavy atom. The predicted molar refractivity (Wildman–Crippen MR) is 87.7 cm³/mol. The average Bonchev–Trinajstić information content (AvgIpc) is 2.69. The first-order chi connectivity index (χ1) is 9.61. The van der Waals surface area contributed by atoms with E-state index in [1.807, 2.05) is 13.8 Å². The van der Waals surface area contributed by atoms with Gasteiger partial charge >= 0.3 is 0 Å². The quantitative estimate of drug-likeness (QED) is 0.925. The van der Waals surface area contributed by atoms with E-state index in [0.29, 0.717) is 17.1 Å². The van der Waals surface area contributed by atoms with Gasteiger partial charge in [-0.25, -0.2) is 0 Å². The number of aromatic nitrogens is 2. The van der Waals surface area contributed by atoms with Crippen LogP contribution in [0.25, 0.3) is 10.2 Å². The van der Waals surface area contributed by atoms with Crippen molar-refractivity contribution in [2.75, 3.05) is 19.3 Å². The summed E-state index contributed by atoms with van der Waals surface area (Å²) in [5.74, 6) is -0.0533. The van der Waals surface area contributed by atoms with Crippen LogP contribution in [0, 0.1) is 19.3 Å². The topological polar surface area (TPSA) is 72.1 Å². The van der Waals surface area contributed by atoms with Gasteiger partial charge in [0.05, 0.1) is 11.4 Å². The van der Waals surface area contributed by atoms with E-state index in [2.05, 4.69) is 31.0 Å². The monoisotopic (exact) mass is 306 g/mol. The molecule has 0 aliphatic rings. The lowest BCUT2D eigenvalue weighted by molar-refractivity contribution is 0.0751. The van der Waals surface area contributed by atoms with E-state index in [1.54, 1.807) is 11.9 Å². The predicted octanol–water partition coefficient (Wildman–Crippen LogP) is 3.01. The fourth-order valence-corrected chi connectivity index (χ4v) is 3.45. The molecule has 2 N–H and O–H groups in total. The highest BCUT2D eigenvalue weighted by Crippen LogP contribution is 2.35. The van der Waals surface area contributed by atoms with Crippen molar-refractivity contribution in [3.63, 3.8) is 0 Å². The largest absolute Gasteiger partial charge is 0.397 e. The van der Waals surface area contributed by atoms with Crippen LogP contribution in [-0.4, -0.2) is 34.6 Å². The number of rotatable bonds is 2. The summed E-state index contributed by atoms with van der Waals surface area (Å²) in [6.45, 7) is 10.8. The number of hydrogen-bond acceptors (Lipinski definition) is 5. The number of thiophene rings is 1. The molecule has 114 valence electrons. The van der Waals surface area contributed by atoms with Crippen molar-refractivity contribution in [1.82, 2.24) is 15.1 Å². The summed E-state index contributed by atoms with van der Waals surface area (Å²) in [4.78, 5) is 15.6. The highest BCUT2D eigenvalue weighted by molar-refractivity contribution is 7.21. The molecular weight excluding hydrogens is 284 g/mol. The Balaban J connectivity index is 2.46. The molecule has 0 bridgehead atoms. The molecule has 0 saturated heterocycles. The van der Waals surface area contributed by atoms with Crippen LogP contribution < -0.4 is 5.73 Å². The van der Waals surface area contributed by atoms with Crippen LogP contribution in [0.4, 0.5) is 5.69 Å². The zero-order valence-electron chi connectivity index (χ0n) is 13.4. The lowest BCUT2D eigenvalue weighted by Crippen LogP contribution is -2.34. The maximum Gasteiger partial charge on any atom is 0.265 e. The molecule has 2 heterocycles. The van der Waals surface area contributed by atoms with E-state index in [0.717, 1.165) is 21.5 Å². The number of fused-ring (bicyclic) bond motifs is 1. The van der Waals surface area contributed by atoms with Gasteiger partial charge < -0.3 is 10.6 Å². The Kier molecular flexibility index (Phi) is 3.93. The van der Waals surface area contributed by atoms with Gasteiger partial charge in [-0.05, 0) is 24.8 Å². The summed E-state index contributed by atoms with van der Waals surface area (Å²) in [5, 5.41) is 9.12. The molecule has 2 aromatic heterocycles. The third-order valence-corrected chi connectivity index (χ3v) is 4.47. The van der Waals surface area contributed by atoms with E-state index >= 15 is 0 Å². The Morgan fingerprint density at radius 1 is 1.29 bits per heavy atom. The number of amides is 1. The standard InChI is InChI=1S/C15H22N4OS/c1-8-9(2)17-18-13-10(8)11(16)12(21-13)14(20)19(6)7-15(3,4)5/h7,16H2,1-6H3. The summed E-state index contributed by atoms with van der Waals surface area (Å²) in [6, 6.07) is 0. The smallest absolute Gasteiger partial charge is 0.265 e. The van der Waals surface area contributed by atoms with Crippen LogP contribution >= 0.6 is 11.3 Å². The highest BCUT2D eigenvalue weighted by atomic mass is 32.1. The van der Waals surface area contributed by atoms with Crippen molar-refractivity contribution in [3.05, 3.63) is 16.1 Å². The van der Waals surface area contributed by atoms with Gasteiger partial charge in [-0.2, -0.15) is 5.10 Å². The number of nitrogen functional groups attached to an aromatic ring is 1. The van der Waals surface area contributed by atoms with Gasteiger partial charge in [-0.3, -0.25) is 4.79 Å². The van der Waals surface area contributed by atoms with Gasteiger partial charge in [0.1, 0.15) is 9.71 Å². The van der Waals surface area contributed by atoms with Crippen molar-refractivity contribution in [2.45, 2.75) is 34.6 Å². The van der Waals surface area contributed by atoms with Gasteiger partial charge in [-0.1, -0.05) is 20.8 Å². The molecule has 0 aromatic carbocycles. The number of carbonyl (C=O) groups excluding carboxylic acids is 1. The van der Waals surface area contributed by atoms with Crippen LogP contribution in [0.1, 0.15) is 41.7 Å². The van der Waals surface area contributed by atoms with E-state index in [4.69, 9.17) is 5.73 Å². The van der Waals surface area contributed by atoms with E-state index in [-0.39, 0.29) is 11.3 Å². The minimum atomic E-state index is -0.0533. The molecule has 21 heavy (non-hydrogen) atoms. The summed E-state index contributed by atoms with van der Waals surface area (Å²) in [6.07, 6.45) is 0. The van der Waals surface area contributed by atoms with Gasteiger partial charge in [0.2, 0.25) is 0 Å². The SMILES string of the molecule is Cc1nnc2sc(C(=O)N(C)CC(C)(C)C)c(N)c2c1C. The van der Waals surface area contributed by atoms with Crippen molar-refractivity contribution < 1.29 is 4.79 Å². The van der Waals surface area contributed by atoms with E-state index < -0.39 is 0 Å². The van der Waals surface area contributed by atoms with Crippen molar-refractivity contribution in [3.8, 4) is 0 Å². The van der Waals surface area contributed by atoms with Crippen LogP contribution in [-0.2, 0) is 0 Å². The van der Waals surface area contributed by atoms with Crippen molar-refractivity contribution >= 4 is 33.1 Å². The second kappa shape index (κ2) is 5.26. The number of nitrogens with two attached hydrogens (primary N) is 1. The molecule has 6 heteroatoms. The molecule has 2 aromatic rings. The fraction of sp³-hybridized carbons (Fsp3) is 0.533. The Hall–Kier alpha value is -1.69.